The largest absolute Gasteiger partial charge is 0.337 e. The van der Waals surface area contributed by atoms with E-state index in [1.807, 2.05) is 0 Å². The van der Waals surface area contributed by atoms with Crippen LogP contribution in [0.1, 0.15) is 5.56 Å². The maximum atomic E-state index is 13.5. The molecule has 1 aromatic heterocycles. The van der Waals surface area contributed by atoms with E-state index < -0.39 is 11.6 Å². The van der Waals surface area contributed by atoms with Gasteiger partial charge in [-0.2, -0.15) is 0 Å². The Morgan fingerprint density at radius 1 is 1.28 bits per heavy atom. The normalized spacial score (nSPS) is 10.5. The fourth-order valence-corrected chi connectivity index (χ4v) is 1.77. The summed E-state index contributed by atoms with van der Waals surface area (Å²) < 4.78 is 26.8. The summed E-state index contributed by atoms with van der Waals surface area (Å²) >= 11 is 8.64. The number of hydrogen-bond donors (Lipinski definition) is 1. The zero-order valence-electron chi connectivity index (χ0n) is 9.14. The Morgan fingerprint density at radius 2 is 2.00 bits per heavy atom. The molecule has 0 aliphatic heterocycles. The summed E-state index contributed by atoms with van der Waals surface area (Å²) in [6, 6.07) is 2.07. The molecule has 1 N–H and O–H groups in total. The quantitative estimate of drug-likeness (QED) is 0.660. The first kappa shape index (κ1) is 13.2. The average Bonchev–Trinajstić information content (AvgIpc) is 2.30. The smallest absolute Gasteiger partial charge is 0.224 e. The summed E-state index contributed by atoms with van der Waals surface area (Å²) in [5, 5.41) is 2.79. The standard InChI is InChI=1S/C11H7BrClF2N3/c1-5-4-16-11(13)18-10(5)17-9-2-6(12)7(14)3-8(9)15/h2-4H,1H3,(H,16,17,18). The van der Waals surface area contributed by atoms with Crippen molar-refractivity contribution in [2.75, 3.05) is 5.32 Å². The molecular formula is C11H7BrClF2N3. The first-order valence-corrected chi connectivity index (χ1v) is 6.05. The van der Waals surface area contributed by atoms with Crippen LogP contribution in [-0.2, 0) is 0 Å². The molecule has 1 heterocycles. The van der Waals surface area contributed by atoms with Gasteiger partial charge in [0.1, 0.15) is 17.5 Å². The van der Waals surface area contributed by atoms with Gasteiger partial charge in [-0.3, -0.25) is 0 Å². The molecule has 1 aromatic carbocycles. The average molecular weight is 335 g/mol. The monoisotopic (exact) mass is 333 g/mol. The highest BCUT2D eigenvalue weighted by molar-refractivity contribution is 9.10. The van der Waals surface area contributed by atoms with E-state index in [1.54, 1.807) is 6.92 Å². The first-order valence-electron chi connectivity index (χ1n) is 4.88. The molecule has 2 rings (SSSR count). The molecule has 0 spiro atoms. The second kappa shape index (κ2) is 5.16. The van der Waals surface area contributed by atoms with Crippen LogP contribution in [0.5, 0.6) is 0 Å². The van der Waals surface area contributed by atoms with Gasteiger partial charge in [0.25, 0.3) is 0 Å². The second-order valence-corrected chi connectivity index (χ2v) is 4.73. The fraction of sp³-hybridized carbons (Fsp3) is 0.0909. The summed E-state index contributed by atoms with van der Waals surface area (Å²) in [7, 11) is 0. The number of anilines is 2. The molecular weight excluding hydrogens is 327 g/mol. The van der Waals surface area contributed by atoms with Crippen molar-refractivity contribution >= 4 is 39.0 Å². The van der Waals surface area contributed by atoms with E-state index in [-0.39, 0.29) is 15.4 Å². The molecule has 2 aromatic rings. The van der Waals surface area contributed by atoms with E-state index in [4.69, 9.17) is 11.6 Å². The number of hydrogen-bond acceptors (Lipinski definition) is 3. The molecule has 3 nitrogen and oxygen atoms in total. The third kappa shape index (κ3) is 2.76. The predicted octanol–water partition coefficient (Wildman–Crippen LogP) is 4.22. The van der Waals surface area contributed by atoms with Gasteiger partial charge in [-0.1, -0.05) is 0 Å². The number of halogens is 4. The molecule has 0 saturated carbocycles. The number of benzene rings is 1. The molecule has 0 aliphatic carbocycles. The van der Waals surface area contributed by atoms with Crippen LogP contribution in [0.3, 0.4) is 0 Å². The Balaban J connectivity index is 2.40. The highest BCUT2D eigenvalue weighted by atomic mass is 79.9. The Morgan fingerprint density at radius 3 is 2.72 bits per heavy atom. The maximum absolute atomic E-state index is 13.5. The summed E-state index contributed by atoms with van der Waals surface area (Å²) in [5.74, 6) is -1.02. The van der Waals surface area contributed by atoms with E-state index in [2.05, 4.69) is 31.2 Å². The number of nitrogens with one attached hydrogen (secondary N) is 1. The van der Waals surface area contributed by atoms with Gasteiger partial charge < -0.3 is 5.32 Å². The Labute approximate surface area is 115 Å². The van der Waals surface area contributed by atoms with Gasteiger partial charge in [0.15, 0.2) is 0 Å². The molecule has 0 amide bonds. The van der Waals surface area contributed by atoms with Crippen LogP contribution in [-0.4, -0.2) is 9.97 Å². The lowest BCUT2D eigenvalue weighted by Gasteiger charge is -2.10. The summed E-state index contributed by atoms with van der Waals surface area (Å²) in [6.45, 7) is 1.75. The molecule has 18 heavy (non-hydrogen) atoms. The van der Waals surface area contributed by atoms with Gasteiger partial charge in [-0.25, -0.2) is 18.7 Å². The van der Waals surface area contributed by atoms with Crippen molar-refractivity contribution in [3.63, 3.8) is 0 Å². The van der Waals surface area contributed by atoms with Crippen LogP contribution in [0, 0.1) is 18.6 Å². The second-order valence-electron chi connectivity index (χ2n) is 3.54. The molecule has 94 valence electrons. The number of nitrogens with zero attached hydrogens (tertiary/aromatic N) is 2. The van der Waals surface area contributed by atoms with Crippen LogP contribution in [0.25, 0.3) is 0 Å². The molecule has 0 fully saturated rings. The van der Waals surface area contributed by atoms with Crippen LogP contribution in [0.2, 0.25) is 5.28 Å². The molecule has 0 aliphatic rings. The third-order valence-electron chi connectivity index (χ3n) is 2.21. The zero-order chi connectivity index (χ0) is 13.3. The Kier molecular flexibility index (Phi) is 3.77. The lowest BCUT2D eigenvalue weighted by Crippen LogP contribution is -2.00. The molecule has 0 radical (unpaired) electrons. The minimum atomic E-state index is -0.718. The third-order valence-corrected chi connectivity index (χ3v) is 3.00. The molecule has 0 saturated heterocycles. The van der Waals surface area contributed by atoms with E-state index in [1.165, 1.54) is 12.3 Å². The van der Waals surface area contributed by atoms with Gasteiger partial charge in [0.05, 0.1) is 10.2 Å². The minimum absolute atomic E-state index is 0.0460. The zero-order valence-corrected chi connectivity index (χ0v) is 11.5. The summed E-state index contributed by atoms with van der Waals surface area (Å²) in [5.41, 5.74) is 0.792. The van der Waals surface area contributed by atoms with Crippen LogP contribution < -0.4 is 5.32 Å². The lowest BCUT2D eigenvalue weighted by molar-refractivity contribution is 0.581. The Bertz CT molecular complexity index is 607. The molecule has 0 bridgehead atoms. The van der Waals surface area contributed by atoms with Gasteiger partial charge in [-0.15, -0.1) is 0 Å². The van der Waals surface area contributed by atoms with E-state index in [9.17, 15) is 8.78 Å². The van der Waals surface area contributed by atoms with Crippen molar-refractivity contribution in [1.82, 2.24) is 9.97 Å². The van der Waals surface area contributed by atoms with E-state index in [0.717, 1.165) is 6.07 Å². The predicted molar refractivity (Wildman–Crippen MR) is 69.1 cm³/mol. The number of rotatable bonds is 2. The topological polar surface area (TPSA) is 37.8 Å². The molecule has 7 heteroatoms. The van der Waals surface area contributed by atoms with Crippen molar-refractivity contribution in [2.24, 2.45) is 0 Å². The van der Waals surface area contributed by atoms with E-state index >= 15 is 0 Å². The Hall–Kier alpha value is -1.27. The number of aryl methyl sites for hydroxylation is 1. The van der Waals surface area contributed by atoms with Gasteiger partial charge in [-0.05, 0) is 40.5 Å². The van der Waals surface area contributed by atoms with Gasteiger partial charge in [0.2, 0.25) is 5.28 Å². The highest BCUT2D eigenvalue weighted by Crippen LogP contribution is 2.27. The lowest BCUT2D eigenvalue weighted by atomic mass is 10.2. The molecule has 0 unspecified atom stereocenters. The highest BCUT2D eigenvalue weighted by Gasteiger charge is 2.10. The number of aromatic nitrogens is 2. The summed E-state index contributed by atoms with van der Waals surface area (Å²) in [4.78, 5) is 7.72. The maximum Gasteiger partial charge on any atom is 0.224 e. The van der Waals surface area contributed by atoms with Crippen molar-refractivity contribution in [2.45, 2.75) is 6.92 Å². The van der Waals surface area contributed by atoms with E-state index in [0.29, 0.717) is 11.4 Å². The van der Waals surface area contributed by atoms with Crippen LogP contribution in [0.15, 0.2) is 22.8 Å². The first-order chi connectivity index (χ1) is 8.47. The van der Waals surface area contributed by atoms with Crippen molar-refractivity contribution in [1.29, 1.82) is 0 Å². The van der Waals surface area contributed by atoms with Crippen molar-refractivity contribution in [3.8, 4) is 0 Å². The van der Waals surface area contributed by atoms with Crippen molar-refractivity contribution < 1.29 is 8.78 Å². The SMILES string of the molecule is Cc1cnc(Cl)nc1Nc1cc(Br)c(F)cc1F. The van der Waals surface area contributed by atoms with Crippen LogP contribution in [0.4, 0.5) is 20.3 Å². The fourth-order valence-electron chi connectivity index (χ4n) is 1.29. The van der Waals surface area contributed by atoms with Crippen LogP contribution >= 0.6 is 27.5 Å². The van der Waals surface area contributed by atoms with Gasteiger partial charge in [0, 0.05) is 17.8 Å². The van der Waals surface area contributed by atoms with Crippen molar-refractivity contribution in [3.05, 3.63) is 45.3 Å². The summed E-state index contributed by atoms with van der Waals surface area (Å²) in [6.07, 6.45) is 1.51. The minimum Gasteiger partial charge on any atom is -0.337 e. The molecule has 0 atom stereocenters. The van der Waals surface area contributed by atoms with Gasteiger partial charge >= 0.3 is 0 Å².